The molecular weight excluding hydrogens is 308 g/mol. The Hall–Kier alpha value is -2.70. The van der Waals surface area contributed by atoms with Crippen LogP contribution in [0.4, 0.5) is 0 Å². The molecule has 0 spiro atoms. The number of carbonyl (C=O) groups is 1. The topological polar surface area (TPSA) is 88.1 Å². The lowest BCUT2D eigenvalue weighted by atomic mass is 9.98. The first kappa shape index (κ1) is 16.2. The zero-order chi connectivity index (χ0) is 17.1. The van der Waals surface area contributed by atoms with Gasteiger partial charge in [-0.2, -0.15) is 0 Å². The van der Waals surface area contributed by atoms with E-state index in [0.717, 1.165) is 25.0 Å². The molecule has 0 bridgehead atoms. The Labute approximate surface area is 139 Å². The smallest absolute Gasteiger partial charge is 0.328 e. The van der Waals surface area contributed by atoms with Gasteiger partial charge >= 0.3 is 5.69 Å². The molecule has 1 fully saturated rings. The molecular formula is C17H20N4O3. The summed E-state index contributed by atoms with van der Waals surface area (Å²) in [5.74, 6) is -0.140. The number of aryl methyl sites for hydroxylation is 1. The van der Waals surface area contributed by atoms with Gasteiger partial charge in [-0.15, -0.1) is 0 Å². The van der Waals surface area contributed by atoms with Crippen LogP contribution in [-0.2, 0) is 11.3 Å². The van der Waals surface area contributed by atoms with E-state index in [1.54, 1.807) is 18.0 Å². The molecule has 0 aromatic carbocycles. The number of nitrogens with zero attached hydrogens (tertiary/aromatic N) is 3. The van der Waals surface area contributed by atoms with Crippen molar-refractivity contribution >= 4 is 5.91 Å². The van der Waals surface area contributed by atoms with Crippen molar-refractivity contribution in [3.8, 4) is 0 Å². The maximum absolute atomic E-state index is 12.7. The quantitative estimate of drug-likeness (QED) is 0.910. The van der Waals surface area contributed by atoms with Gasteiger partial charge in [0.2, 0.25) is 5.91 Å². The minimum absolute atomic E-state index is 0.0630. The molecule has 126 valence electrons. The van der Waals surface area contributed by atoms with Gasteiger partial charge in [-0.3, -0.25) is 24.1 Å². The molecule has 1 N–H and O–H groups in total. The Morgan fingerprint density at radius 2 is 2.17 bits per heavy atom. The van der Waals surface area contributed by atoms with Crippen LogP contribution < -0.4 is 11.2 Å². The van der Waals surface area contributed by atoms with E-state index in [2.05, 4.69) is 9.97 Å². The molecule has 7 heteroatoms. The van der Waals surface area contributed by atoms with Crippen molar-refractivity contribution in [3.05, 3.63) is 62.7 Å². The molecule has 1 saturated heterocycles. The van der Waals surface area contributed by atoms with Gasteiger partial charge in [-0.25, -0.2) is 4.79 Å². The molecule has 1 amide bonds. The predicted octanol–water partition coefficient (Wildman–Crippen LogP) is 0.994. The van der Waals surface area contributed by atoms with Gasteiger partial charge in [0.1, 0.15) is 6.54 Å². The maximum atomic E-state index is 12.7. The van der Waals surface area contributed by atoms with Gasteiger partial charge in [-0.05, 0) is 38.3 Å². The number of hydrogen-bond donors (Lipinski definition) is 1. The number of nitrogens with one attached hydrogen (secondary N) is 1. The normalized spacial score (nSPS) is 17.7. The minimum atomic E-state index is -0.564. The van der Waals surface area contributed by atoms with E-state index >= 15 is 0 Å². The molecule has 3 rings (SSSR count). The largest absolute Gasteiger partial charge is 0.333 e. The number of aromatic amines is 1. The van der Waals surface area contributed by atoms with Crippen molar-refractivity contribution < 1.29 is 4.79 Å². The maximum Gasteiger partial charge on any atom is 0.328 e. The van der Waals surface area contributed by atoms with Crippen LogP contribution in [0, 0.1) is 6.92 Å². The summed E-state index contributed by atoms with van der Waals surface area (Å²) in [6.07, 6.45) is 6.00. The van der Waals surface area contributed by atoms with Crippen LogP contribution in [0.1, 0.15) is 36.6 Å². The number of rotatable bonds is 3. The van der Waals surface area contributed by atoms with Gasteiger partial charge in [0.15, 0.2) is 0 Å². The number of hydrogen-bond acceptors (Lipinski definition) is 4. The highest BCUT2D eigenvalue weighted by molar-refractivity contribution is 5.76. The Balaban J connectivity index is 1.84. The molecule has 2 aromatic rings. The van der Waals surface area contributed by atoms with Crippen molar-refractivity contribution in [2.75, 3.05) is 6.54 Å². The Morgan fingerprint density at radius 3 is 2.92 bits per heavy atom. The summed E-state index contributed by atoms with van der Waals surface area (Å²) in [5.41, 5.74) is 0.288. The molecule has 24 heavy (non-hydrogen) atoms. The predicted molar refractivity (Wildman–Crippen MR) is 88.6 cm³/mol. The molecule has 0 radical (unpaired) electrons. The van der Waals surface area contributed by atoms with Crippen LogP contribution >= 0.6 is 0 Å². The summed E-state index contributed by atoms with van der Waals surface area (Å²) >= 11 is 0. The van der Waals surface area contributed by atoms with Gasteiger partial charge < -0.3 is 4.90 Å². The SMILES string of the molecule is Cc1cn(CC(=O)N2CCCC[C@H]2c2ccccn2)c(=O)[nH]c1=O. The summed E-state index contributed by atoms with van der Waals surface area (Å²) in [6, 6.07) is 5.62. The second kappa shape index (κ2) is 6.82. The van der Waals surface area contributed by atoms with Crippen LogP contribution in [-0.4, -0.2) is 31.9 Å². The summed E-state index contributed by atoms with van der Waals surface area (Å²) in [7, 11) is 0. The van der Waals surface area contributed by atoms with E-state index in [4.69, 9.17) is 0 Å². The number of pyridine rings is 1. The molecule has 0 aliphatic carbocycles. The highest BCUT2D eigenvalue weighted by Gasteiger charge is 2.28. The lowest BCUT2D eigenvalue weighted by Crippen LogP contribution is -2.43. The Morgan fingerprint density at radius 1 is 1.33 bits per heavy atom. The summed E-state index contributed by atoms with van der Waals surface area (Å²) in [6.45, 7) is 2.17. The zero-order valence-electron chi connectivity index (χ0n) is 13.6. The van der Waals surface area contributed by atoms with Gasteiger partial charge in [0.05, 0.1) is 11.7 Å². The van der Waals surface area contributed by atoms with E-state index in [-0.39, 0.29) is 18.5 Å². The third-order valence-electron chi connectivity index (χ3n) is 4.35. The van der Waals surface area contributed by atoms with Crippen LogP contribution in [0.2, 0.25) is 0 Å². The third kappa shape index (κ3) is 3.29. The monoisotopic (exact) mass is 328 g/mol. The average Bonchev–Trinajstić information content (AvgIpc) is 2.60. The van der Waals surface area contributed by atoms with Crippen LogP contribution in [0.5, 0.6) is 0 Å². The van der Waals surface area contributed by atoms with Gasteiger partial charge in [0.25, 0.3) is 5.56 Å². The van der Waals surface area contributed by atoms with Crippen LogP contribution in [0.25, 0.3) is 0 Å². The van der Waals surface area contributed by atoms with E-state index in [0.29, 0.717) is 12.1 Å². The van der Waals surface area contributed by atoms with Crippen molar-refractivity contribution in [1.82, 2.24) is 19.4 Å². The number of aromatic nitrogens is 3. The van der Waals surface area contributed by atoms with Gasteiger partial charge in [0, 0.05) is 24.5 Å². The van der Waals surface area contributed by atoms with Crippen molar-refractivity contribution in [3.63, 3.8) is 0 Å². The second-order valence-electron chi connectivity index (χ2n) is 6.05. The molecule has 2 aromatic heterocycles. The molecule has 1 atom stereocenters. The first-order valence-corrected chi connectivity index (χ1v) is 8.07. The highest BCUT2D eigenvalue weighted by atomic mass is 16.2. The second-order valence-corrected chi connectivity index (χ2v) is 6.05. The molecule has 1 aliphatic heterocycles. The Bertz CT molecular complexity index is 841. The molecule has 3 heterocycles. The first-order chi connectivity index (χ1) is 11.6. The molecule has 0 unspecified atom stereocenters. The standard InChI is InChI=1S/C17H20N4O3/c1-12-10-20(17(24)19-16(12)23)11-15(22)21-9-5-3-7-14(21)13-6-2-4-8-18-13/h2,4,6,8,10,14H,3,5,7,9,11H2,1H3,(H,19,23,24)/t14-/m0/s1. The van der Waals surface area contributed by atoms with Crippen LogP contribution in [0.3, 0.4) is 0 Å². The lowest BCUT2D eigenvalue weighted by molar-refractivity contribution is -0.135. The lowest BCUT2D eigenvalue weighted by Gasteiger charge is -2.35. The molecule has 0 saturated carbocycles. The number of piperidine rings is 1. The number of amides is 1. The number of likely N-dealkylation sites (tertiary alicyclic amines) is 1. The molecule has 1 aliphatic rings. The highest BCUT2D eigenvalue weighted by Crippen LogP contribution is 2.29. The fourth-order valence-electron chi connectivity index (χ4n) is 3.08. The summed E-state index contributed by atoms with van der Waals surface area (Å²) in [4.78, 5) is 44.5. The van der Waals surface area contributed by atoms with Gasteiger partial charge in [-0.1, -0.05) is 6.07 Å². The Kier molecular flexibility index (Phi) is 4.59. The summed E-state index contributed by atoms with van der Waals surface area (Å²) < 4.78 is 1.25. The van der Waals surface area contributed by atoms with Crippen molar-refractivity contribution in [1.29, 1.82) is 0 Å². The summed E-state index contributed by atoms with van der Waals surface area (Å²) in [5, 5.41) is 0. The van der Waals surface area contributed by atoms with E-state index in [1.807, 2.05) is 18.2 Å². The van der Waals surface area contributed by atoms with E-state index in [9.17, 15) is 14.4 Å². The van der Waals surface area contributed by atoms with Crippen molar-refractivity contribution in [2.45, 2.75) is 38.8 Å². The number of H-pyrrole nitrogens is 1. The fourth-order valence-corrected chi connectivity index (χ4v) is 3.08. The fraction of sp³-hybridized carbons (Fsp3) is 0.412. The minimum Gasteiger partial charge on any atom is -0.333 e. The molecule has 7 nitrogen and oxygen atoms in total. The number of carbonyl (C=O) groups excluding carboxylic acids is 1. The third-order valence-corrected chi connectivity index (χ3v) is 4.35. The first-order valence-electron chi connectivity index (χ1n) is 8.07. The zero-order valence-corrected chi connectivity index (χ0v) is 13.6. The van der Waals surface area contributed by atoms with Crippen molar-refractivity contribution in [2.24, 2.45) is 0 Å². The average molecular weight is 328 g/mol. The van der Waals surface area contributed by atoms with Crippen LogP contribution in [0.15, 0.2) is 40.2 Å². The van der Waals surface area contributed by atoms with E-state index < -0.39 is 11.2 Å². The van der Waals surface area contributed by atoms with E-state index in [1.165, 1.54) is 10.8 Å².